The lowest BCUT2D eigenvalue weighted by Gasteiger charge is -2.15. The zero-order valence-electron chi connectivity index (χ0n) is 12.9. The van der Waals surface area contributed by atoms with Gasteiger partial charge in [-0.05, 0) is 31.5 Å². The van der Waals surface area contributed by atoms with Crippen LogP contribution in [0.25, 0.3) is 0 Å². The third-order valence-electron chi connectivity index (χ3n) is 3.37. The number of para-hydroxylation sites is 1. The Morgan fingerprint density at radius 1 is 1.17 bits per heavy atom. The molecule has 0 saturated heterocycles. The smallest absolute Gasteiger partial charge is 0.220 e. The highest BCUT2D eigenvalue weighted by Gasteiger charge is 2.14. The number of benzene rings is 2. The van der Waals surface area contributed by atoms with Gasteiger partial charge in [-0.25, -0.2) is 8.78 Å². The molecule has 0 bridgehead atoms. The van der Waals surface area contributed by atoms with Gasteiger partial charge in [-0.2, -0.15) is 0 Å². The van der Waals surface area contributed by atoms with Crippen LogP contribution in [0, 0.1) is 11.6 Å². The van der Waals surface area contributed by atoms with Crippen molar-refractivity contribution in [1.29, 1.82) is 0 Å². The Kier molecular flexibility index (Phi) is 6.09. The quantitative estimate of drug-likeness (QED) is 0.783. The zero-order valence-corrected chi connectivity index (χ0v) is 12.9. The first-order chi connectivity index (χ1) is 11.1. The average Bonchev–Trinajstić information content (AvgIpc) is 2.52. The van der Waals surface area contributed by atoms with E-state index >= 15 is 0 Å². The fourth-order valence-electron chi connectivity index (χ4n) is 2.18. The Bertz CT molecular complexity index is 647. The monoisotopic (exact) mass is 319 g/mol. The minimum absolute atomic E-state index is 0.196. The molecule has 2 rings (SSSR count). The van der Waals surface area contributed by atoms with Gasteiger partial charge in [-0.1, -0.05) is 24.3 Å². The summed E-state index contributed by atoms with van der Waals surface area (Å²) in [5.41, 5.74) is 0.264. The molecule has 1 amide bonds. The maximum absolute atomic E-state index is 13.6. The number of hydrogen-bond donors (Lipinski definition) is 1. The molecule has 2 aromatic carbocycles. The Morgan fingerprint density at radius 2 is 1.91 bits per heavy atom. The molecule has 122 valence electrons. The molecule has 1 atom stereocenters. The minimum Gasteiger partial charge on any atom is -0.494 e. The third kappa shape index (κ3) is 5.36. The number of rotatable bonds is 7. The Hall–Kier alpha value is -2.43. The summed E-state index contributed by atoms with van der Waals surface area (Å²) in [6.07, 6.45) is 0.833. The van der Waals surface area contributed by atoms with Crippen LogP contribution in [0.4, 0.5) is 8.78 Å². The highest BCUT2D eigenvalue weighted by atomic mass is 19.1. The van der Waals surface area contributed by atoms with E-state index < -0.39 is 17.7 Å². The summed E-state index contributed by atoms with van der Waals surface area (Å²) in [4.78, 5) is 11.9. The summed E-state index contributed by atoms with van der Waals surface area (Å²) in [6.45, 7) is 2.09. The largest absolute Gasteiger partial charge is 0.494 e. The Balaban J connectivity index is 1.74. The molecule has 1 N–H and O–H groups in total. The van der Waals surface area contributed by atoms with Gasteiger partial charge < -0.3 is 10.1 Å². The van der Waals surface area contributed by atoms with Crippen LogP contribution in [-0.2, 0) is 4.79 Å². The molecule has 0 radical (unpaired) electrons. The number of carbonyl (C=O) groups excluding carboxylic acids is 1. The van der Waals surface area contributed by atoms with E-state index in [0.29, 0.717) is 13.0 Å². The highest BCUT2D eigenvalue weighted by Crippen LogP contribution is 2.18. The van der Waals surface area contributed by atoms with E-state index in [1.165, 1.54) is 12.1 Å². The van der Waals surface area contributed by atoms with E-state index in [-0.39, 0.29) is 17.9 Å². The first kappa shape index (κ1) is 16.9. The molecule has 1 unspecified atom stereocenters. The van der Waals surface area contributed by atoms with Crippen molar-refractivity contribution in [1.82, 2.24) is 5.32 Å². The average molecular weight is 319 g/mol. The number of halogens is 2. The van der Waals surface area contributed by atoms with Crippen LogP contribution in [0.1, 0.15) is 31.4 Å². The first-order valence-corrected chi connectivity index (χ1v) is 7.48. The van der Waals surface area contributed by atoms with E-state index in [9.17, 15) is 13.6 Å². The fourth-order valence-corrected chi connectivity index (χ4v) is 2.18. The minimum atomic E-state index is -0.662. The van der Waals surface area contributed by atoms with Crippen LogP contribution in [0.15, 0.2) is 48.5 Å². The van der Waals surface area contributed by atoms with Crippen LogP contribution < -0.4 is 10.1 Å². The fraction of sp³-hybridized carbons (Fsp3) is 0.278. The first-order valence-electron chi connectivity index (χ1n) is 7.48. The van der Waals surface area contributed by atoms with Gasteiger partial charge in [-0.15, -0.1) is 0 Å². The van der Waals surface area contributed by atoms with E-state index in [0.717, 1.165) is 11.8 Å². The van der Waals surface area contributed by atoms with Crippen molar-refractivity contribution < 1.29 is 18.3 Å². The van der Waals surface area contributed by atoms with Gasteiger partial charge in [0.15, 0.2) is 0 Å². The normalized spacial score (nSPS) is 11.8. The maximum Gasteiger partial charge on any atom is 0.220 e. The molecule has 2 aromatic rings. The van der Waals surface area contributed by atoms with Crippen LogP contribution in [0.2, 0.25) is 0 Å². The molecular formula is C18H19F2NO2. The molecule has 0 saturated carbocycles. The van der Waals surface area contributed by atoms with Gasteiger partial charge >= 0.3 is 0 Å². The molecule has 3 nitrogen and oxygen atoms in total. The molecule has 23 heavy (non-hydrogen) atoms. The number of nitrogens with one attached hydrogen (secondary N) is 1. The lowest BCUT2D eigenvalue weighted by atomic mass is 10.1. The number of ether oxygens (including phenoxy) is 1. The van der Waals surface area contributed by atoms with Crippen LogP contribution in [0.5, 0.6) is 5.75 Å². The standard InChI is InChI=1S/C18H19F2NO2/c1-13(16-10-9-14(19)12-17(16)20)21-18(22)8-5-11-23-15-6-3-2-4-7-15/h2-4,6-7,9-10,12-13H,5,8,11H2,1H3,(H,21,22). The summed E-state index contributed by atoms with van der Waals surface area (Å²) in [5.74, 6) is -0.736. The van der Waals surface area contributed by atoms with Crippen LogP contribution >= 0.6 is 0 Å². The van der Waals surface area contributed by atoms with E-state index in [2.05, 4.69) is 5.32 Å². The lowest BCUT2D eigenvalue weighted by molar-refractivity contribution is -0.121. The van der Waals surface area contributed by atoms with Crippen molar-refractivity contribution in [2.24, 2.45) is 0 Å². The molecule has 0 aromatic heterocycles. The summed E-state index contributed by atoms with van der Waals surface area (Å²) in [5, 5.41) is 2.70. The molecule has 0 aliphatic carbocycles. The van der Waals surface area contributed by atoms with Crippen molar-refractivity contribution >= 4 is 5.91 Å². The van der Waals surface area contributed by atoms with Gasteiger partial charge in [0.05, 0.1) is 12.6 Å². The summed E-state index contributed by atoms with van der Waals surface area (Å²) in [7, 11) is 0. The summed E-state index contributed by atoms with van der Waals surface area (Å²) in [6, 6.07) is 12.2. The van der Waals surface area contributed by atoms with Crippen molar-refractivity contribution in [3.8, 4) is 5.75 Å². The van der Waals surface area contributed by atoms with Crippen molar-refractivity contribution in [2.45, 2.75) is 25.8 Å². The second-order valence-electron chi connectivity index (χ2n) is 5.22. The Labute approximate surface area is 134 Å². The number of hydrogen-bond acceptors (Lipinski definition) is 2. The summed E-state index contributed by atoms with van der Waals surface area (Å²) < 4.78 is 32.0. The van der Waals surface area contributed by atoms with Crippen molar-refractivity contribution in [3.05, 3.63) is 65.7 Å². The topological polar surface area (TPSA) is 38.3 Å². The van der Waals surface area contributed by atoms with E-state index in [4.69, 9.17) is 4.74 Å². The van der Waals surface area contributed by atoms with Gasteiger partial charge in [0.1, 0.15) is 17.4 Å². The predicted molar refractivity (Wildman–Crippen MR) is 84.1 cm³/mol. The second-order valence-corrected chi connectivity index (χ2v) is 5.22. The van der Waals surface area contributed by atoms with E-state index in [1.54, 1.807) is 6.92 Å². The maximum atomic E-state index is 13.6. The second kappa shape index (κ2) is 8.27. The molecule has 0 fully saturated rings. The molecule has 0 aliphatic rings. The molecule has 0 aliphatic heterocycles. The van der Waals surface area contributed by atoms with Gasteiger partial charge in [-0.3, -0.25) is 4.79 Å². The SMILES string of the molecule is CC(NC(=O)CCCOc1ccccc1)c1ccc(F)cc1F. The summed E-state index contributed by atoms with van der Waals surface area (Å²) >= 11 is 0. The molecular weight excluding hydrogens is 300 g/mol. The zero-order chi connectivity index (χ0) is 16.7. The predicted octanol–water partition coefficient (Wildman–Crippen LogP) is 4.00. The van der Waals surface area contributed by atoms with Crippen molar-refractivity contribution in [3.63, 3.8) is 0 Å². The third-order valence-corrected chi connectivity index (χ3v) is 3.37. The number of amides is 1. The highest BCUT2D eigenvalue weighted by molar-refractivity contribution is 5.76. The Morgan fingerprint density at radius 3 is 2.61 bits per heavy atom. The van der Waals surface area contributed by atoms with Gasteiger partial charge in [0, 0.05) is 18.1 Å². The molecule has 0 heterocycles. The van der Waals surface area contributed by atoms with Gasteiger partial charge in [0.2, 0.25) is 5.91 Å². The lowest BCUT2D eigenvalue weighted by Crippen LogP contribution is -2.27. The number of carbonyl (C=O) groups is 1. The molecule has 0 spiro atoms. The van der Waals surface area contributed by atoms with E-state index in [1.807, 2.05) is 30.3 Å². The van der Waals surface area contributed by atoms with Crippen LogP contribution in [-0.4, -0.2) is 12.5 Å². The van der Waals surface area contributed by atoms with Crippen molar-refractivity contribution in [2.75, 3.05) is 6.61 Å². The molecule has 5 heteroatoms. The van der Waals surface area contributed by atoms with Gasteiger partial charge in [0.25, 0.3) is 0 Å². The van der Waals surface area contributed by atoms with Crippen LogP contribution in [0.3, 0.4) is 0 Å².